The van der Waals surface area contributed by atoms with Gasteiger partial charge in [0.25, 0.3) is 0 Å². The van der Waals surface area contributed by atoms with Crippen molar-refractivity contribution in [2.75, 3.05) is 26.2 Å². The molecule has 5 nitrogen and oxygen atoms in total. The zero-order chi connectivity index (χ0) is 19.7. The first-order chi connectivity index (χ1) is 12.0. The molecule has 1 N–H and O–H groups in total. The SMILES string of the molecule is CC[C@@H]1CN(S(=O)(=O)c2c(Cl)cccc2C(F)(F)F)CCN1C[C@@H](C)O. The van der Waals surface area contributed by atoms with Gasteiger partial charge in [-0.15, -0.1) is 0 Å². The minimum absolute atomic E-state index is 0.0358. The Labute approximate surface area is 156 Å². The van der Waals surface area contributed by atoms with E-state index in [0.29, 0.717) is 19.5 Å². The van der Waals surface area contributed by atoms with Gasteiger partial charge in [-0.25, -0.2) is 8.42 Å². The second kappa shape index (κ2) is 8.02. The lowest BCUT2D eigenvalue weighted by molar-refractivity contribution is -0.139. The monoisotopic (exact) mass is 414 g/mol. The molecule has 1 aromatic carbocycles. The van der Waals surface area contributed by atoms with Crippen LogP contribution in [0, 0.1) is 0 Å². The van der Waals surface area contributed by atoms with E-state index in [1.165, 1.54) is 0 Å². The predicted molar refractivity (Wildman–Crippen MR) is 92.5 cm³/mol. The van der Waals surface area contributed by atoms with Crippen molar-refractivity contribution in [2.45, 2.75) is 43.5 Å². The van der Waals surface area contributed by atoms with Gasteiger partial charge in [0.05, 0.1) is 16.7 Å². The summed E-state index contributed by atoms with van der Waals surface area (Å²) in [6.07, 6.45) is -4.80. The number of alkyl halides is 3. The number of sulfonamides is 1. The van der Waals surface area contributed by atoms with Gasteiger partial charge in [-0.3, -0.25) is 4.90 Å². The molecule has 1 aromatic rings. The Morgan fingerprint density at radius 2 is 2.00 bits per heavy atom. The van der Waals surface area contributed by atoms with Crippen LogP contribution < -0.4 is 0 Å². The van der Waals surface area contributed by atoms with Crippen molar-refractivity contribution >= 4 is 21.6 Å². The summed E-state index contributed by atoms with van der Waals surface area (Å²) in [5.41, 5.74) is -1.26. The number of β-amino-alcohol motifs (C(OH)–C–C–N with tert-alkyl or cyclic N) is 1. The van der Waals surface area contributed by atoms with Crippen LogP contribution in [0.25, 0.3) is 0 Å². The lowest BCUT2D eigenvalue weighted by Crippen LogP contribution is -2.55. The summed E-state index contributed by atoms with van der Waals surface area (Å²) in [6.45, 7) is 4.30. The average molecular weight is 415 g/mol. The molecule has 0 spiro atoms. The molecule has 0 aliphatic carbocycles. The van der Waals surface area contributed by atoms with E-state index in [1.54, 1.807) is 6.92 Å². The summed E-state index contributed by atoms with van der Waals surface area (Å²) in [6, 6.07) is 2.76. The molecule has 0 aromatic heterocycles. The highest BCUT2D eigenvalue weighted by atomic mass is 35.5. The minimum atomic E-state index is -4.83. The summed E-state index contributed by atoms with van der Waals surface area (Å²) in [4.78, 5) is 1.06. The van der Waals surface area contributed by atoms with Crippen molar-refractivity contribution in [3.8, 4) is 0 Å². The van der Waals surface area contributed by atoms with E-state index in [9.17, 15) is 26.7 Å². The molecule has 0 radical (unpaired) electrons. The molecule has 0 saturated carbocycles. The fraction of sp³-hybridized carbons (Fsp3) is 0.625. The van der Waals surface area contributed by atoms with Crippen molar-refractivity contribution < 1.29 is 26.7 Å². The molecule has 1 heterocycles. The van der Waals surface area contributed by atoms with Crippen LogP contribution in [0.5, 0.6) is 0 Å². The van der Waals surface area contributed by atoms with Crippen LogP contribution in [0.15, 0.2) is 23.1 Å². The molecule has 26 heavy (non-hydrogen) atoms. The fourth-order valence-corrected chi connectivity index (χ4v) is 5.36. The van der Waals surface area contributed by atoms with Crippen molar-refractivity contribution in [1.82, 2.24) is 9.21 Å². The zero-order valence-corrected chi connectivity index (χ0v) is 16.1. The smallest absolute Gasteiger partial charge is 0.392 e. The second-order valence-electron chi connectivity index (χ2n) is 6.38. The maximum absolute atomic E-state index is 13.3. The first-order valence-electron chi connectivity index (χ1n) is 8.26. The van der Waals surface area contributed by atoms with E-state index in [2.05, 4.69) is 0 Å². The van der Waals surface area contributed by atoms with E-state index >= 15 is 0 Å². The van der Waals surface area contributed by atoms with Gasteiger partial charge in [0.15, 0.2) is 0 Å². The molecular formula is C16H22ClF3N2O3S. The van der Waals surface area contributed by atoms with E-state index < -0.39 is 37.8 Å². The Morgan fingerprint density at radius 1 is 1.35 bits per heavy atom. The quantitative estimate of drug-likeness (QED) is 0.804. The molecule has 0 unspecified atom stereocenters. The number of rotatable bonds is 5. The molecule has 1 fully saturated rings. The summed E-state index contributed by atoms with van der Waals surface area (Å²) in [7, 11) is -4.41. The fourth-order valence-electron chi connectivity index (χ4n) is 3.17. The molecule has 1 aliphatic rings. The predicted octanol–water partition coefficient (Wildman–Crippen LogP) is 2.82. The van der Waals surface area contributed by atoms with E-state index in [-0.39, 0.29) is 19.1 Å². The first-order valence-corrected chi connectivity index (χ1v) is 10.1. The number of hydrogen-bond donors (Lipinski definition) is 1. The lowest BCUT2D eigenvalue weighted by Gasteiger charge is -2.41. The number of aliphatic hydroxyl groups excluding tert-OH is 1. The van der Waals surface area contributed by atoms with Crippen molar-refractivity contribution in [1.29, 1.82) is 0 Å². The van der Waals surface area contributed by atoms with Crippen LogP contribution in [-0.4, -0.2) is 61.1 Å². The van der Waals surface area contributed by atoms with Crippen LogP contribution in [0.1, 0.15) is 25.8 Å². The van der Waals surface area contributed by atoms with Crippen LogP contribution >= 0.6 is 11.6 Å². The largest absolute Gasteiger partial charge is 0.417 e. The molecule has 1 saturated heterocycles. The van der Waals surface area contributed by atoms with Crippen LogP contribution in [0.4, 0.5) is 13.2 Å². The standard InChI is InChI=1S/C16H22ClF3N2O3S/c1-3-12-10-22(8-7-21(12)9-11(2)23)26(24,25)15-13(16(18,19)20)5-4-6-14(15)17/h4-6,11-12,23H,3,7-10H2,1-2H3/t11-,12-/m1/s1. The third-order valence-corrected chi connectivity index (χ3v) is 6.80. The Bertz CT molecular complexity index is 741. The molecule has 10 heteroatoms. The minimum Gasteiger partial charge on any atom is -0.392 e. The summed E-state index contributed by atoms with van der Waals surface area (Å²) >= 11 is 5.86. The number of piperazine rings is 1. The third kappa shape index (κ3) is 4.51. The Hall–Kier alpha value is -0.870. The van der Waals surface area contributed by atoms with Crippen LogP contribution in [-0.2, 0) is 16.2 Å². The van der Waals surface area contributed by atoms with E-state index in [1.807, 2.05) is 11.8 Å². The Morgan fingerprint density at radius 3 is 2.54 bits per heavy atom. The van der Waals surface area contributed by atoms with Crippen LogP contribution in [0.3, 0.4) is 0 Å². The van der Waals surface area contributed by atoms with Crippen LogP contribution in [0.2, 0.25) is 5.02 Å². The van der Waals surface area contributed by atoms with Gasteiger partial charge < -0.3 is 5.11 Å². The number of benzene rings is 1. The van der Waals surface area contributed by atoms with Gasteiger partial charge in [0.2, 0.25) is 10.0 Å². The van der Waals surface area contributed by atoms with Gasteiger partial charge >= 0.3 is 6.18 Å². The van der Waals surface area contributed by atoms with Gasteiger partial charge in [-0.05, 0) is 25.5 Å². The second-order valence-corrected chi connectivity index (χ2v) is 8.67. The lowest BCUT2D eigenvalue weighted by atomic mass is 10.1. The third-order valence-electron chi connectivity index (χ3n) is 4.41. The van der Waals surface area contributed by atoms with Crippen molar-refractivity contribution in [3.63, 3.8) is 0 Å². The highest BCUT2D eigenvalue weighted by Crippen LogP contribution is 2.39. The summed E-state index contributed by atoms with van der Waals surface area (Å²) in [5, 5.41) is 9.12. The van der Waals surface area contributed by atoms with E-state index in [4.69, 9.17) is 11.6 Å². The number of halogens is 4. The van der Waals surface area contributed by atoms with Crippen molar-refractivity contribution in [2.24, 2.45) is 0 Å². The highest BCUT2D eigenvalue weighted by Gasteiger charge is 2.42. The van der Waals surface area contributed by atoms with Gasteiger partial charge in [-0.2, -0.15) is 17.5 Å². The van der Waals surface area contributed by atoms with Gasteiger partial charge in [0, 0.05) is 32.2 Å². The normalized spacial score (nSPS) is 21.7. The first kappa shape index (κ1) is 21.4. The number of aliphatic hydroxyl groups is 1. The van der Waals surface area contributed by atoms with Gasteiger partial charge in [-0.1, -0.05) is 24.6 Å². The zero-order valence-electron chi connectivity index (χ0n) is 14.5. The Kier molecular flexibility index (Phi) is 6.61. The van der Waals surface area contributed by atoms with Crippen molar-refractivity contribution in [3.05, 3.63) is 28.8 Å². The summed E-state index contributed by atoms with van der Waals surface area (Å²) < 4.78 is 66.8. The molecule has 0 amide bonds. The maximum atomic E-state index is 13.3. The molecule has 2 atom stereocenters. The molecule has 148 valence electrons. The number of nitrogens with zero attached hydrogens (tertiary/aromatic N) is 2. The molecular weight excluding hydrogens is 393 g/mol. The average Bonchev–Trinajstić information content (AvgIpc) is 2.53. The number of hydrogen-bond acceptors (Lipinski definition) is 4. The van der Waals surface area contributed by atoms with E-state index in [0.717, 1.165) is 22.5 Å². The van der Waals surface area contributed by atoms with Gasteiger partial charge in [0.1, 0.15) is 4.90 Å². The Balaban J connectivity index is 2.38. The molecule has 1 aliphatic heterocycles. The summed E-state index contributed by atoms with van der Waals surface area (Å²) in [5.74, 6) is 0. The maximum Gasteiger partial charge on any atom is 0.417 e. The molecule has 0 bridgehead atoms. The molecule has 2 rings (SSSR count). The topological polar surface area (TPSA) is 60.9 Å². The highest BCUT2D eigenvalue weighted by molar-refractivity contribution is 7.89.